The van der Waals surface area contributed by atoms with Crippen LogP contribution in [-0.2, 0) is 11.3 Å². The summed E-state index contributed by atoms with van der Waals surface area (Å²) >= 11 is 1.45. The summed E-state index contributed by atoms with van der Waals surface area (Å²) < 4.78 is 2.02. The standard InChI is InChI=1S/C22H30N4OS/c1-5-14-26-20(18-11-7-6-8-12-18)24-25-22(26)28-17(4)21(27)23-19-13-9-10-15(2)16(19)3/h5-8,11-12,15-17,19H,1,9-10,13-14H2,2-4H3,(H,23,27)/t15-,16+,17+,19+/m0/s1. The number of amides is 1. The van der Waals surface area contributed by atoms with Crippen molar-refractivity contribution in [3.05, 3.63) is 43.0 Å². The maximum absolute atomic E-state index is 12.8. The maximum Gasteiger partial charge on any atom is 0.233 e. The van der Waals surface area contributed by atoms with Crippen LogP contribution in [0.4, 0.5) is 0 Å². The minimum atomic E-state index is -0.235. The number of carbonyl (C=O) groups is 1. The zero-order chi connectivity index (χ0) is 20.1. The fourth-order valence-electron chi connectivity index (χ4n) is 3.77. The van der Waals surface area contributed by atoms with Crippen LogP contribution >= 0.6 is 11.8 Å². The van der Waals surface area contributed by atoms with Gasteiger partial charge in [0.15, 0.2) is 11.0 Å². The topological polar surface area (TPSA) is 59.8 Å². The molecule has 0 spiro atoms. The molecule has 1 aromatic heterocycles. The second-order valence-electron chi connectivity index (χ2n) is 7.71. The third-order valence-electron chi connectivity index (χ3n) is 5.75. The van der Waals surface area contributed by atoms with Crippen LogP contribution in [0.25, 0.3) is 11.4 Å². The molecule has 6 heteroatoms. The Morgan fingerprint density at radius 2 is 2.07 bits per heavy atom. The van der Waals surface area contributed by atoms with Crippen LogP contribution in [0.5, 0.6) is 0 Å². The van der Waals surface area contributed by atoms with Crippen LogP contribution in [0.3, 0.4) is 0 Å². The van der Waals surface area contributed by atoms with Gasteiger partial charge in [0.25, 0.3) is 0 Å². The van der Waals surface area contributed by atoms with Crippen LogP contribution in [0.2, 0.25) is 0 Å². The van der Waals surface area contributed by atoms with Gasteiger partial charge in [-0.05, 0) is 25.2 Å². The second kappa shape index (κ2) is 9.41. The number of benzene rings is 1. The molecule has 3 rings (SSSR count). The number of allylic oxidation sites excluding steroid dienone is 1. The minimum Gasteiger partial charge on any atom is -0.352 e. The minimum absolute atomic E-state index is 0.0744. The largest absolute Gasteiger partial charge is 0.352 e. The summed E-state index contributed by atoms with van der Waals surface area (Å²) in [6.07, 6.45) is 5.34. The summed E-state index contributed by atoms with van der Waals surface area (Å²) in [5.74, 6) is 2.05. The quantitative estimate of drug-likeness (QED) is 0.549. The van der Waals surface area contributed by atoms with E-state index in [1.807, 2.05) is 47.9 Å². The van der Waals surface area contributed by atoms with Crippen LogP contribution in [0.1, 0.15) is 40.0 Å². The van der Waals surface area contributed by atoms with Gasteiger partial charge in [0, 0.05) is 18.2 Å². The molecule has 0 saturated heterocycles. The van der Waals surface area contributed by atoms with Crippen LogP contribution in [0.15, 0.2) is 48.1 Å². The maximum atomic E-state index is 12.8. The van der Waals surface area contributed by atoms with E-state index in [9.17, 15) is 4.79 Å². The van der Waals surface area contributed by atoms with Gasteiger partial charge in [-0.15, -0.1) is 16.8 Å². The SMILES string of the molecule is C=CCn1c(S[C@H](C)C(=O)N[C@@H]2CCC[C@H](C)[C@H]2C)nnc1-c1ccccc1. The van der Waals surface area contributed by atoms with Crippen molar-refractivity contribution in [3.8, 4) is 11.4 Å². The molecule has 1 saturated carbocycles. The van der Waals surface area contributed by atoms with Gasteiger partial charge < -0.3 is 5.32 Å². The Morgan fingerprint density at radius 3 is 2.79 bits per heavy atom. The van der Waals surface area contributed by atoms with Gasteiger partial charge in [-0.1, -0.05) is 74.9 Å². The highest BCUT2D eigenvalue weighted by molar-refractivity contribution is 8.00. The van der Waals surface area contributed by atoms with Crippen molar-refractivity contribution in [3.63, 3.8) is 0 Å². The second-order valence-corrected chi connectivity index (χ2v) is 9.02. The summed E-state index contributed by atoms with van der Waals surface area (Å²) in [5, 5.41) is 12.5. The summed E-state index contributed by atoms with van der Waals surface area (Å²) in [4.78, 5) is 12.8. The first-order chi connectivity index (χ1) is 13.5. The molecule has 1 aromatic carbocycles. The van der Waals surface area contributed by atoms with Gasteiger partial charge in [-0.3, -0.25) is 9.36 Å². The van der Waals surface area contributed by atoms with Crippen LogP contribution < -0.4 is 5.32 Å². The number of hydrogen-bond acceptors (Lipinski definition) is 4. The molecule has 1 aliphatic carbocycles. The molecule has 0 bridgehead atoms. The molecule has 0 unspecified atom stereocenters. The van der Waals surface area contributed by atoms with E-state index in [1.165, 1.54) is 24.6 Å². The van der Waals surface area contributed by atoms with E-state index >= 15 is 0 Å². The number of thioether (sulfide) groups is 1. The number of aromatic nitrogens is 3. The molecular formula is C22H30N4OS. The first kappa shape index (κ1) is 20.6. The number of carbonyl (C=O) groups excluding carboxylic acids is 1. The van der Waals surface area contributed by atoms with E-state index in [-0.39, 0.29) is 17.2 Å². The molecule has 0 aliphatic heterocycles. The summed E-state index contributed by atoms with van der Waals surface area (Å²) in [6.45, 7) is 10.9. The third-order valence-corrected chi connectivity index (χ3v) is 6.83. The van der Waals surface area contributed by atoms with Crippen LogP contribution in [0, 0.1) is 11.8 Å². The van der Waals surface area contributed by atoms with Gasteiger partial charge in [-0.25, -0.2) is 0 Å². The molecule has 1 amide bonds. The average molecular weight is 399 g/mol. The van der Waals surface area contributed by atoms with Gasteiger partial charge in [-0.2, -0.15) is 0 Å². The molecule has 2 aromatic rings. The van der Waals surface area contributed by atoms with E-state index in [1.54, 1.807) is 0 Å². The molecule has 28 heavy (non-hydrogen) atoms. The van der Waals surface area contributed by atoms with E-state index in [0.29, 0.717) is 18.4 Å². The van der Waals surface area contributed by atoms with Crippen molar-refractivity contribution < 1.29 is 4.79 Å². The predicted molar refractivity (Wildman–Crippen MR) is 115 cm³/mol. The highest BCUT2D eigenvalue weighted by Gasteiger charge is 2.30. The van der Waals surface area contributed by atoms with Crippen molar-refractivity contribution in [1.82, 2.24) is 20.1 Å². The predicted octanol–water partition coefficient (Wildman–Crippen LogP) is 4.55. The van der Waals surface area contributed by atoms with Gasteiger partial charge >= 0.3 is 0 Å². The van der Waals surface area contributed by atoms with Crippen LogP contribution in [-0.4, -0.2) is 32.0 Å². The first-order valence-corrected chi connectivity index (χ1v) is 11.0. The smallest absolute Gasteiger partial charge is 0.233 e. The van der Waals surface area contributed by atoms with E-state index in [4.69, 9.17) is 0 Å². The van der Waals surface area contributed by atoms with Gasteiger partial charge in [0.05, 0.1) is 5.25 Å². The Labute approximate surface area is 172 Å². The molecule has 1 fully saturated rings. The van der Waals surface area contributed by atoms with E-state index < -0.39 is 0 Å². The van der Waals surface area contributed by atoms with Crippen molar-refractivity contribution in [2.24, 2.45) is 11.8 Å². The average Bonchev–Trinajstić information content (AvgIpc) is 3.08. The Kier molecular flexibility index (Phi) is 6.94. The fourth-order valence-corrected chi connectivity index (χ4v) is 4.64. The lowest BCUT2D eigenvalue weighted by atomic mass is 9.78. The lowest BCUT2D eigenvalue weighted by Crippen LogP contribution is -2.46. The lowest BCUT2D eigenvalue weighted by molar-refractivity contribution is -0.121. The van der Waals surface area contributed by atoms with Crippen molar-refractivity contribution >= 4 is 17.7 Å². The monoisotopic (exact) mass is 398 g/mol. The van der Waals surface area contributed by atoms with E-state index in [2.05, 4.69) is 35.9 Å². The molecule has 0 radical (unpaired) electrons. The highest BCUT2D eigenvalue weighted by atomic mass is 32.2. The number of nitrogens with zero attached hydrogens (tertiary/aromatic N) is 3. The molecule has 150 valence electrons. The van der Waals surface area contributed by atoms with Gasteiger partial charge in [0.1, 0.15) is 0 Å². The zero-order valence-corrected chi connectivity index (χ0v) is 17.8. The first-order valence-electron chi connectivity index (χ1n) is 10.1. The molecule has 4 atom stereocenters. The zero-order valence-electron chi connectivity index (χ0n) is 17.0. The van der Waals surface area contributed by atoms with Gasteiger partial charge in [0.2, 0.25) is 5.91 Å². The Bertz CT molecular complexity index is 804. The third kappa shape index (κ3) is 4.66. The summed E-state index contributed by atoms with van der Waals surface area (Å²) in [7, 11) is 0. The van der Waals surface area contributed by atoms with Crippen molar-refractivity contribution in [1.29, 1.82) is 0 Å². The van der Waals surface area contributed by atoms with Crippen molar-refractivity contribution in [2.75, 3.05) is 0 Å². The molecule has 1 N–H and O–H groups in total. The Morgan fingerprint density at radius 1 is 1.32 bits per heavy atom. The Balaban J connectivity index is 1.71. The normalized spacial score (nSPS) is 23.2. The number of rotatable bonds is 7. The number of hydrogen-bond donors (Lipinski definition) is 1. The fraction of sp³-hybridized carbons (Fsp3) is 0.500. The summed E-state index contributed by atoms with van der Waals surface area (Å²) in [6, 6.07) is 10.2. The lowest BCUT2D eigenvalue weighted by Gasteiger charge is -2.35. The van der Waals surface area contributed by atoms with E-state index in [0.717, 1.165) is 23.0 Å². The van der Waals surface area contributed by atoms with Crippen molar-refractivity contribution in [2.45, 2.75) is 63.0 Å². The summed E-state index contributed by atoms with van der Waals surface area (Å²) in [5.41, 5.74) is 1.01. The molecule has 1 heterocycles. The molecule has 5 nitrogen and oxygen atoms in total. The molecular weight excluding hydrogens is 368 g/mol. The molecule has 1 aliphatic rings. The highest BCUT2D eigenvalue weighted by Crippen LogP contribution is 2.31. The number of nitrogens with one attached hydrogen (secondary N) is 1. The Hall–Kier alpha value is -2.08.